The Morgan fingerprint density at radius 2 is 1.42 bits per heavy atom. The first-order valence-corrected chi connectivity index (χ1v) is 10.3. The fraction of sp³-hybridized carbons (Fsp3) is 1.00. The van der Waals surface area contributed by atoms with Crippen molar-refractivity contribution in [2.45, 2.75) is 45.3 Å². The maximum atomic E-state index is 5.72. The zero-order valence-corrected chi connectivity index (χ0v) is 12.6. The van der Waals surface area contributed by atoms with Crippen molar-refractivity contribution >= 4 is 28.8 Å². The van der Waals surface area contributed by atoms with E-state index in [1.54, 1.807) is 0 Å². The molecule has 0 aliphatic carbocycles. The first-order chi connectivity index (χ1) is 5.81. The lowest BCUT2D eigenvalue weighted by atomic mass is 10.6. The lowest BCUT2D eigenvalue weighted by Crippen LogP contribution is -2.22. The van der Waals surface area contributed by atoms with E-state index in [9.17, 15) is 0 Å². The Kier molecular flexibility index (Phi) is 10.1. The predicted molar refractivity (Wildman–Crippen MR) is 62.5 cm³/mol. The van der Waals surface area contributed by atoms with Gasteiger partial charge in [-0.2, -0.15) is 0 Å². The average molecular weight is 223 g/mol. The van der Waals surface area contributed by atoms with Crippen LogP contribution in [0.2, 0.25) is 18.6 Å². The van der Waals surface area contributed by atoms with Gasteiger partial charge in [0.05, 0.1) is 0 Å². The van der Waals surface area contributed by atoms with Crippen LogP contribution in [-0.2, 0) is 8.23 Å². The molecular weight excluding hydrogens is 200 g/mol. The molecule has 0 amide bonds. The Morgan fingerprint density at radius 3 is 1.75 bits per heavy atom. The van der Waals surface area contributed by atoms with E-state index in [2.05, 4.69) is 20.4 Å². The monoisotopic (exact) mass is 222 g/mol. The number of hydrogen-bond donors (Lipinski definition) is 0. The molecule has 0 rings (SSSR count). The highest BCUT2D eigenvalue weighted by atomic mass is 28.4. The van der Waals surface area contributed by atoms with Crippen molar-refractivity contribution in [3.05, 3.63) is 0 Å². The zero-order valence-electron chi connectivity index (χ0n) is 8.64. The second kappa shape index (κ2) is 9.66. The van der Waals surface area contributed by atoms with Gasteiger partial charge >= 0.3 is 0 Å². The summed E-state index contributed by atoms with van der Waals surface area (Å²) in [5, 5.41) is 0. The smallest absolute Gasteiger partial charge is 0.296 e. The highest BCUT2D eigenvalue weighted by Crippen LogP contribution is 1.94. The number of hydrogen-bond acceptors (Lipinski definition) is 2. The molecule has 5 heteroatoms. The molecule has 74 valence electrons. The second-order valence-electron chi connectivity index (χ2n) is 3.02. The summed E-state index contributed by atoms with van der Waals surface area (Å²) < 4.78 is 11.4. The topological polar surface area (TPSA) is 18.5 Å². The molecule has 0 atom stereocenters. The quantitative estimate of drug-likeness (QED) is 0.445. The van der Waals surface area contributed by atoms with Gasteiger partial charge in [-0.15, -0.1) is 0 Å². The van der Waals surface area contributed by atoms with Gasteiger partial charge in [0.2, 0.25) is 0 Å². The van der Waals surface area contributed by atoms with Crippen LogP contribution in [0.3, 0.4) is 0 Å². The fourth-order valence-electron chi connectivity index (χ4n) is 0.835. The molecule has 0 N–H and O–H groups in total. The van der Waals surface area contributed by atoms with Gasteiger partial charge in [0.15, 0.2) is 0 Å². The van der Waals surface area contributed by atoms with E-state index in [1.807, 2.05) is 0 Å². The Hall–Kier alpha value is 0.571. The second-order valence-corrected chi connectivity index (χ2v) is 9.05. The van der Waals surface area contributed by atoms with Gasteiger partial charge in [0.1, 0.15) is 19.5 Å². The molecule has 2 nitrogen and oxygen atoms in total. The van der Waals surface area contributed by atoms with Gasteiger partial charge < -0.3 is 8.23 Å². The molecule has 12 heavy (non-hydrogen) atoms. The van der Waals surface area contributed by atoms with Gasteiger partial charge in [-0.1, -0.05) is 26.7 Å². The van der Waals surface area contributed by atoms with Crippen molar-refractivity contribution in [1.82, 2.24) is 0 Å². The van der Waals surface area contributed by atoms with E-state index >= 15 is 0 Å². The molecule has 0 saturated carbocycles. The van der Waals surface area contributed by atoms with Crippen molar-refractivity contribution in [2.75, 3.05) is 0 Å². The summed E-state index contributed by atoms with van der Waals surface area (Å²) in [5.74, 6) is 0. The van der Waals surface area contributed by atoms with E-state index in [0.29, 0.717) is 0 Å². The Balaban J connectivity index is 3.04. The van der Waals surface area contributed by atoms with Crippen LogP contribution in [0.4, 0.5) is 0 Å². The van der Waals surface area contributed by atoms with E-state index in [4.69, 9.17) is 8.23 Å². The van der Waals surface area contributed by atoms with Gasteiger partial charge in [-0.3, -0.25) is 0 Å². The molecule has 0 aromatic carbocycles. The minimum atomic E-state index is -1.14. The van der Waals surface area contributed by atoms with E-state index < -0.39 is 9.28 Å². The molecule has 0 radical (unpaired) electrons. The molecule has 0 aliphatic heterocycles. The van der Waals surface area contributed by atoms with Crippen LogP contribution >= 0.6 is 0 Å². The van der Waals surface area contributed by atoms with Crippen LogP contribution in [0.1, 0.15) is 26.7 Å². The highest BCUT2D eigenvalue weighted by molar-refractivity contribution is 6.57. The first-order valence-electron chi connectivity index (χ1n) is 5.04. The predicted octanol–water partition coefficient (Wildman–Crippen LogP) is 0.694. The van der Waals surface area contributed by atoms with Gasteiger partial charge in [0, 0.05) is 0 Å². The SMILES string of the molecule is CCC[SiH2]O[SiH](C)O[SiH2]CCC. The summed E-state index contributed by atoms with van der Waals surface area (Å²) in [6.45, 7) is 6.61. The lowest BCUT2D eigenvalue weighted by molar-refractivity contribution is 0.459. The van der Waals surface area contributed by atoms with Crippen molar-refractivity contribution in [2.24, 2.45) is 0 Å². The van der Waals surface area contributed by atoms with Crippen LogP contribution in [-0.4, -0.2) is 28.8 Å². The first kappa shape index (κ1) is 12.6. The Bertz CT molecular complexity index is 82.7. The third-order valence-electron chi connectivity index (χ3n) is 1.70. The third kappa shape index (κ3) is 8.67. The largest absolute Gasteiger partial charge is 0.444 e. The molecule has 0 bridgehead atoms. The molecule has 0 aliphatic rings. The zero-order chi connectivity index (χ0) is 9.23. The van der Waals surface area contributed by atoms with Crippen LogP contribution in [0, 0.1) is 0 Å². The Morgan fingerprint density at radius 1 is 1.00 bits per heavy atom. The maximum absolute atomic E-state index is 5.72. The van der Waals surface area contributed by atoms with Gasteiger partial charge in [0.25, 0.3) is 9.28 Å². The highest BCUT2D eigenvalue weighted by Gasteiger charge is 2.03. The fourth-order valence-corrected chi connectivity index (χ4v) is 6.65. The van der Waals surface area contributed by atoms with Crippen LogP contribution in [0.15, 0.2) is 0 Å². The summed E-state index contributed by atoms with van der Waals surface area (Å²) in [7, 11) is -1.56. The normalized spacial score (nSPS) is 15.2. The van der Waals surface area contributed by atoms with Crippen LogP contribution in [0.5, 0.6) is 0 Å². The third-order valence-corrected chi connectivity index (χ3v) is 9.33. The van der Waals surface area contributed by atoms with Crippen LogP contribution < -0.4 is 0 Å². The van der Waals surface area contributed by atoms with E-state index in [-0.39, 0.29) is 19.5 Å². The standard InChI is InChI=1S/C7H22O2Si3/c1-4-6-10-8-12(3)9-11-7-5-2/h12H,4-7,10-11H2,1-3H3. The molecule has 0 heterocycles. The van der Waals surface area contributed by atoms with Gasteiger partial charge in [-0.05, 0) is 18.6 Å². The van der Waals surface area contributed by atoms with Crippen LogP contribution in [0.25, 0.3) is 0 Å². The molecule has 0 unspecified atom stereocenters. The van der Waals surface area contributed by atoms with Crippen molar-refractivity contribution < 1.29 is 8.23 Å². The summed E-state index contributed by atoms with van der Waals surface area (Å²) in [6.07, 6.45) is 2.56. The van der Waals surface area contributed by atoms with E-state index in [1.165, 1.54) is 24.9 Å². The number of rotatable bonds is 8. The summed E-state index contributed by atoms with van der Waals surface area (Å²) in [4.78, 5) is 0. The van der Waals surface area contributed by atoms with E-state index in [0.717, 1.165) is 0 Å². The molecule has 0 aromatic rings. The lowest BCUT2D eigenvalue weighted by Gasteiger charge is -2.11. The summed E-state index contributed by atoms with van der Waals surface area (Å²) in [5.41, 5.74) is 0. The van der Waals surface area contributed by atoms with Crippen molar-refractivity contribution in [1.29, 1.82) is 0 Å². The van der Waals surface area contributed by atoms with Gasteiger partial charge in [-0.25, -0.2) is 0 Å². The molecule has 0 aromatic heterocycles. The summed E-state index contributed by atoms with van der Waals surface area (Å²) >= 11 is 0. The van der Waals surface area contributed by atoms with Crippen molar-refractivity contribution in [3.63, 3.8) is 0 Å². The minimum Gasteiger partial charge on any atom is -0.444 e. The minimum absolute atomic E-state index is 0.211. The molecular formula is C7H22O2Si3. The molecule has 0 saturated heterocycles. The average Bonchev–Trinajstić information content (AvgIpc) is 2.06. The maximum Gasteiger partial charge on any atom is 0.296 e. The molecule has 0 spiro atoms. The molecule has 0 fully saturated rings. The van der Waals surface area contributed by atoms with Crippen molar-refractivity contribution in [3.8, 4) is 0 Å². The Labute approximate surface area is 82.8 Å². The summed E-state index contributed by atoms with van der Waals surface area (Å²) in [6, 6.07) is 2.63.